The van der Waals surface area contributed by atoms with Gasteiger partial charge in [-0.05, 0) is 105 Å². The second-order valence-corrected chi connectivity index (χ2v) is 17.6. The van der Waals surface area contributed by atoms with Gasteiger partial charge in [0.15, 0.2) is 0 Å². The van der Waals surface area contributed by atoms with Crippen LogP contribution >= 0.6 is 0 Å². The molecule has 65 heavy (non-hydrogen) atoms. The molecule has 2 aliphatic heterocycles. The molecule has 1 unspecified atom stereocenters. The van der Waals surface area contributed by atoms with Gasteiger partial charge in [-0.1, -0.05) is 73.5 Å². The molecule has 2 aliphatic carbocycles. The molecule has 352 valence electrons. The van der Waals surface area contributed by atoms with Crippen molar-refractivity contribution in [3.05, 3.63) is 114 Å². The maximum Gasteiger partial charge on any atom is 0.410 e. The van der Waals surface area contributed by atoms with Crippen molar-refractivity contribution in [3.8, 4) is 11.5 Å². The van der Waals surface area contributed by atoms with E-state index in [1.807, 2.05) is 74.5 Å². The fourth-order valence-corrected chi connectivity index (χ4v) is 10.1. The van der Waals surface area contributed by atoms with Crippen molar-refractivity contribution in [2.45, 2.75) is 122 Å². The van der Waals surface area contributed by atoms with E-state index >= 15 is 0 Å². The topological polar surface area (TPSA) is 151 Å². The van der Waals surface area contributed by atoms with Crippen LogP contribution in [0.3, 0.4) is 0 Å². The first-order valence-electron chi connectivity index (χ1n) is 23.8. The van der Waals surface area contributed by atoms with Crippen molar-refractivity contribution in [2.75, 3.05) is 46.2 Å². The largest absolute Gasteiger partial charge is 0.487 e. The fraction of sp³-hybridized carbons (Fsp3) is 0.558. The molecule has 13 heteroatoms. The zero-order valence-corrected chi connectivity index (χ0v) is 38.3. The van der Waals surface area contributed by atoms with Gasteiger partial charge in [0, 0.05) is 49.8 Å². The number of aliphatic hydroxyl groups is 2. The summed E-state index contributed by atoms with van der Waals surface area (Å²) in [5.41, 5.74) is 5.43. The van der Waals surface area contributed by atoms with Gasteiger partial charge in [-0.25, -0.2) is 4.79 Å². The summed E-state index contributed by atoms with van der Waals surface area (Å²) < 4.78 is 38.9. The number of pyridine rings is 1. The third-order valence-electron chi connectivity index (χ3n) is 13.0. The van der Waals surface area contributed by atoms with Gasteiger partial charge in [0.05, 0.1) is 43.8 Å². The molecule has 1 saturated carbocycles. The zero-order valence-electron chi connectivity index (χ0n) is 38.3. The molecule has 7 atom stereocenters. The lowest BCUT2D eigenvalue weighted by Crippen LogP contribution is -2.70. The van der Waals surface area contributed by atoms with E-state index in [0.29, 0.717) is 62.8 Å². The Bertz CT molecular complexity index is 2040. The van der Waals surface area contributed by atoms with E-state index in [9.17, 15) is 15.0 Å². The number of ether oxygens (including phenoxy) is 6. The van der Waals surface area contributed by atoms with E-state index < -0.39 is 30.1 Å². The minimum Gasteiger partial charge on any atom is -0.487 e. The smallest absolute Gasteiger partial charge is 0.410 e. The highest BCUT2D eigenvalue weighted by Crippen LogP contribution is 2.62. The van der Waals surface area contributed by atoms with Gasteiger partial charge in [0.25, 0.3) is 0 Å². The van der Waals surface area contributed by atoms with Crippen LogP contribution < -0.4 is 9.47 Å². The number of rotatable bonds is 24. The summed E-state index contributed by atoms with van der Waals surface area (Å²) in [5, 5.41) is 24.9. The number of amides is 1. The molecule has 0 radical (unpaired) electrons. The molecule has 1 aromatic heterocycles. The van der Waals surface area contributed by atoms with E-state index in [2.05, 4.69) is 23.7 Å². The van der Waals surface area contributed by atoms with Crippen LogP contribution in [0, 0.1) is 24.7 Å². The molecule has 2 N–H and O–H groups in total. The molecule has 4 aliphatic rings. The number of benzene rings is 2. The van der Waals surface area contributed by atoms with Crippen LogP contribution in [0.15, 0.2) is 96.2 Å². The normalized spacial score (nSPS) is 25.1. The molecular formula is C52H69N3O10. The number of unbranched alkanes of at least 4 members (excludes halogenated alkanes) is 2. The molecule has 1 amide bonds. The summed E-state index contributed by atoms with van der Waals surface area (Å²) in [6, 6.07) is 21.1. The predicted octanol–water partition coefficient (Wildman–Crippen LogP) is 9.19. The number of fused-ring (bicyclic) bond motifs is 2. The summed E-state index contributed by atoms with van der Waals surface area (Å²) in [4.78, 5) is 27.3. The zero-order chi connectivity index (χ0) is 45.4. The Kier molecular flexibility index (Phi) is 17.9. The van der Waals surface area contributed by atoms with E-state index in [1.165, 1.54) is 0 Å². The lowest BCUT2D eigenvalue weighted by atomic mass is 9.55. The van der Waals surface area contributed by atoms with Gasteiger partial charge in [-0.15, -0.1) is 6.58 Å². The van der Waals surface area contributed by atoms with Gasteiger partial charge in [0.2, 0.25) is 12.1 Å². The van der Waals surface area contributed by atoms with Crippen LogP contribution in [0.2, 0.25) is 0 Å². The average molecular weight is 896 g/mol. The number of carbonyl (C=O) groups excluding carboxylic acids is 1. The lowest BCUT2D eigenvalue weighted by Gasteiger charge is -2.60. The predicted molar refractivity (Wildman–Crippen MR) is 247 cm³/mol. The van der Waals surface area contributed by atoms with Crippen LogP contribution in [0.4, 0.5) is 4.79 Å². The van der Waals surface area contributed by atoms with Gasteiger partial charge in [-0.2, -0.15) is 0 Å². The molecule has 13 nitrogen and oxygen atoms in total. The quantitative estimate of drug-likeness (QED) is 0.0503. The van der Waals surface area contributed by atoms with E-state index in [1.54, 1.807) is 11.0 Å². The molecule has 1 saturated heterocycles. The minimum atomic E-state index is -1.41. The number of aryl methyl sites for hydroxylation is 1. The standard InChI is InChI=1S/C52H69N3O10/c1-4-25-55(51(58)61-31-30-59-35-38-17-7-6-8-18-38)47-34-45(54-65-48-22-11-14-29-60-48)43-32-39(19-9-12-26-56)42(21-10-13-27-57)49-44-33-41(62-36-40-20-15-16-37(3)53-40)23-24-46(44)64-52(47,50(43)49)63-28-5-2/h5-8,15-18,20,23-24,32-33,39,42,47-50,56-57H,2,4,9-14,19,21-22,25-31,34-36H2,1,3H3/t39-,42+,47-,48?,49+,50+,52+/m0/s1. The molecular weight excluding hydrogens is 827 g/mol. The summed E-state index contributed by atoms with van der Waals surface area (Å²) in [5.74, 6) is -0.598. The number of oxime groups is 1. The van der Waals surface area contributed by atoms with Crippen molar-refractivity contribution >= 4 is 11.8 Å². The van der Waals surface area contributed by atoms with Gasteiger partial charge in [0.1, 0.15) is 30.8 Å². The second kappa shape index (κ2) is 24.1. The van der Waals surface area contributed by atoms with Crippen LogP contribution in [0.1, 0.15) is 106 Å². The molecule has 0 bridgehead atoms. The maximum absolute atomic E-state index is 14.6. The van der Waals surface area contributed by atoms with Crippen LogP contribution in [-0.4, -0.2) is 96.2 Å². The summed E-state index contributed by atoms with van der Waals surface area (Å²) in [6.45, 7) is 10.4. The second-order valence-electron chi connectivity index (χ2n) is 17.6. The summed E-state index contributed by atoms with van der Waals surface area (Å²) in [7, 11) is 0. The Morgan fingerprint density at radius 3 is 2.58 bits per heavy atom. The number of hydrogen-bond acceptors (Lipinski definition) is 12. The molecule has 7 rings (SSSR count). The number of nitrogens with zero attached hydrogens (tertiary/aromatic N) is 3. The Morgan fingerprint density at radius 1 is 1.00 bits per heavy atom. The maximum atomic E-state index is 14.6. The first-order chi connectivity index (χ1) is 31.9. The Hall–Kier alpha value is -4.79. The Labute approximate surface area is 384 Å². The van der Waals surface area contributed by atoms with E-state index in [0.717, 1.165) is 73.0 Å². The van der Waals surface area contributed by atoms with Gasteiger partial charge < -0.3 is 43.5 Å². The van der Waals surface area contributed by atoms with Crippen molar-refractivity contribution < 1.29 is 48.3 Å². The highest BCUT2D eigenvalue weighted by molar-refractivity contribution is 6.03. The SMILES string of the molecule is C=CCO[C@@]12Oc3ccc(OCc4cccc(C)n4)cc3[C@H]3[C@H](CCCCO)[C@@H](CCCCO)C=C(C(=NOC4CCCCO4)C[C@@H]1N(CCC)C(=O)OCCOCc1ccccc1)[C@H]32. The molecule has 3 heterocycles. The third-order valence-corrected chi connectivity index (χ3v) is 13.0. The van der Waals surface area contributed by atoms with Crippen molar-refractivity contribution in [1.29, 1.82) is 0 Å². The van der Waals surface area contributed by atoms with Crippen molar-refractivity contribution in [1.82, 2.24) is 9.88 Å². The van der Waals surface area contributed by atoms with Crippen LogP contribution in [-0.2, 0) is 37.0 Å². The summed E-state index contributed by atoms with van der Waals surface area (Å²) in [6.07, 6.45) is 11.3. The average Bonchev–Trinajstić information content (AvgIpc) is 3.33. The molecule has 2 fully saturated rings. The Balaban J connectivity index is 1.33. The van der Waals surface area contributed by atoms with E-state index in [4.69, 9.17) is 38.4 Å². The highest BCUT2D eigenvalue weighted by atomic mass is 16.8. The Morgan fingerprint density at radius 2 is 1.83 bits per heavy atom. The molecule has 2 aromatic carbocycles. The van der Waals surface area contributed by atoms with Crippen LogP contribution in [0.5, 0.6) is 11.5 Å². The first kappa shape index (κ1) is 48.2. The summed E-state index contributed by atoms with van der Waals surface area (Å²) >= 11 is 0. The number of carbonyl (C=O) groups is 1. The van der Waals surface area contributed by atoms with Gasteiger partial charge in [-0.3, -0.25) is 9.88 Å². The van der Waals surface area contributed by atoms with Crippen LogP contribution in [0.25, 0.3) is 0 Å². The van der Waals surface area contributed by atoms with Gasteiger partial charge >= 0.3 is 6.09 Å². The fourth-order valence-electron chi connectivity index (χ4n) is 10.1. The number of aliphatic hydroxyl groups excluding tert-OH is 2. The molecule has 0 spiro atoms. The number of hydrogen-bond donors (Lipinski definition) is 2. The number of aromatic nitrogens is 1. The van der Waals surface area contributed by atoms with Crippen molar-refractivity contribution in [2.24, 2.45) is 22.9 Å². The first-order valence-corrected chi connectivity index (χ1v) is 23.8. The van der Waals surface area contributed by atoms with Crippen molar-refractivity contribution in [3.63, 3.8) is 0 Å². The minimum absolute atomic E-state index is 0.0619. The third kappa shape index (κ3) is 12.0. The number of allylic oxidation sites excluding steroid dienone is 1. The lowest BCUT2D eigenvalue weighted by molar-refractivity contribution is -0.255. The monoisotopic (exact) mass is 895 g/mol. The highest BCUT2D eigenvalue weighted by Gasteiger charge is 2.65. The van der Waals surface area contributed by atoms with E-state index in [-0.39, 0.29) is 57.2 Å². The molecule has 3 aromatic rings.